The van der Waals surface area contributed by atoms with Gasteiger partial charge in [-0.2, -0.15) is 13.2 Å². The predicted octanol–water partition coefficient (Wildman–Crippen LogP) is 3.82. The van der Waals surface area contributed by atoms with Crippen molar-refractivity contribution < 1.29 is 31.5 Å². The number of anilines is 2. The fourth-order valence-electron chi connectivity index (χ4n) is 1.99. The maximum absolute atomic E-state index is 12.8. The molecule has 2 aromatic rings. The van der Waals surface area contributed by atoms with Crippen molar-refractivity contribution in [2.45, 2.75) is 18.0 Å². The number of nitrogens with one attached hydrogen (secondary N) is 2. The zero-order chi connectivity index (χ0) is 19.7. The van der Waals surface area contributed by atoms with Gasteiger partial charge < -0.3 is 10.4 Å². The molecule has 6 nitrogen and oxygen atoms in total. The van der Waals surface area contributed by atoms with Crippen LogP contribution in [-0.4, -0.2) is 19.4 Å². The maximum atomic E-state index is 12.8. The van der Waals surface area contributed by atoms with Gasteiger partial charge in [0.05, 0.1) is 22.0 Å². The van der Waals surface area contributed by atoms with E-state index in [0.717, 1.165) is 18.2 Å². The highest BCUT2D eigenvalue weighted by molar-refractivity contribution is 7.92. The minimum absolute atomic E-state index is 0.0761. The van der Waals surface area contributed by atoms with Crippen LogP contribution in [0.25, 0.3) is 0 Å². The van der Waals surface area contributed by atoms with Crippen molar-refractivity contribution in [1.82, 2.24) is 0 Å². The molecule has 0 unspecified atom stereocenters. The van der Waals surface area contributed by atoms with E-state index in [-0.39, 0.29) is 17.1 Å². The lowest BCUT2D eigenvalue weighted by molar-refractivity contribution is -0.137. The third kappa shape index (κ3) is 4.58. The lowest BCUT2D eigenvalue weighted by atomic mass is 10.2. The number of halogens is 4. The summed E-state index contributed by atoms with van der Waals surface area (Å²) in [5.74, 6) is -0.832. The lowest BCUT2D eigenvalue weighted by Gasteiger charge is -2.14. The number of hydrogen-bond acceptors (Lipinski definition) is 4. The number of rotatable bonds is 4. The standard InChI is InChI=1S/C15H12ClF3N2O4S/c1-8(22)20-12-7-10(3-5-13(12)23)21-26(24,25)14-6-9(15(17,18)19)2-4-11(14)16/h2-7,21,23H,1H3,(H,20,22). The highest BCUT2D eigenvalue weighted by Crippen LogP contribution is 2.34. The fourth-order valence-corrected chi connectivity index (χ4v) is 3.56. The van der Waals surface area contributed by atoms with Crippen LogP contribution in [0.2, 0.25) is 5.02 Å². The van der Waals surface area contributed by atoms with Crippen molar-refractivity contribution in [3.8, 4) is 5.75 Å². The minimum Gasteiger partial charge on any atom is -0.506 e. The number of phenolic OH excluding ortho intramolecular Hbond substituents is 1. The Labute approximate surface area is 151 Å². The van der Waals surface area contributed by atoms with E-state index in [1.807, 2.05) is 0 Å². The van der Waals surface area contributed by atoms with E-state index < -0.39 is 37.6 Å². The van der Waals surface area contributed by atoms with Crippen molar-refractivity contribution in [3.63, 3.8) is 0 Å². The molecule has 0 radical (unpaired) electrons. The smallest absolute Gasteiger partial charge is 0.416 e. The average Bonchev–Trinajstić information content (AvgIpc) is 2.49. The number of sulfonamides is 1. The first-order valence-corrected chi connectivity index (χ1v) is 8.76. The number of alkyl halides is 3. The molecule has 0 saturated heterocycles. The summed E-state index contributed by atoms with van der Waals surface area (Å²) >= 11 is 5.74. The average molecular weight is 409 g/mol. The summed E-state index contributed by atoms with van der Waals surface area (Å²) in [6, 6.07) is 5.29. The van der Waals surface area contributed by atoms with Gasteiger partial charge in [0.25, 0.3) is 10.0 Å². The number of phenols is 1. The Bertz CT molecular complexity index is 962. The molecule has 0 aromatic heterocycles. The van der Waals surface area contributed by atoms with E-state index in [2.05, 4.69) is 10.0 Å². The number of benzene rings is 2. The molecule has 2 rings (SSSR count). The number of carbonyl (C=O) groups is 1. The summed E-state index contributed by atoms with van der Waals surface area (Å²) in [5, 5.41) is 11.5. The normalized spacial score (nSPS) is 11.9. The molecule has 0 bridgehead atoms. The predicted molar refractivity (Wildman–Crippen MR) is 89.7 cm³/mol. The third-order valence-corrected chi connectivity index (χ3v) is 4.97. The maximum Gasteiger partial charge on any atom is 0.416 e. The second kappa shape index (κ2) is 7.04. The van der Waals surface area contributed by atoms with E-state index in [0.29, 0.717) is 12.1 Å². The van der Waals surface area contributed by atoms with Crippen LogP contribution in [0.15, 0.2) is 41.3 Å². The van der Waals surface area contributed by atoms with Gasteiger partial charge in [-0.25, -0.2) is 8.42 Å². The van der Waals surface area contributed by atoms with Crippen LogP contribution < -0.4 is 10.0 Å². The zero-order valence-corrected chi connectivity index (χ0v) is 14.6. The third-order valence-electron chi connectivity index (χ3n) is 3.11. The van der Waals surface area contributed by atoms with Gasteiger partial charge in [-0.3, -0.25) is 9.52 Å². The largest absolute Gasteiger partial charge is 0.506 e. The highest BCUT2D eigenvalue weighted by atomic mass is 35.5. The Kier molecular flexibility index (Phi) is 5.38. The number of amides is 1. The van der Waals surface area contributed by atoms with E-state index in [1.165, 1.54) is 13.0 Å². The van der Waals surface area contributed by atoms with Gasteiger partial charge >= 0.3 is 6.18 Å². The zero-order valence-electron chi connectivity index (χ0n) is 13.1. The number of carbonyl (C=O) groups excluding carboxylic acids is 1. The van der Waals surface area contributed by atoms with E-state index in [9.17, 15) is 31.5 Å². The summed E-state index contributed by atoms with van der Waals surface area (Å²) in [7, 11) is -4.46. The van der Waals surface area contributed by atoms with Gasteiger partial charge in [0, 0.05) is 6.92 Å². The molecule has 0 heterocycles. The van der Waals surface area contributed by atoms with Crippen LogP contribution in [0.4, 0.5) is 24.5 Å². The number of hydrogen-bond donors (Lipinski definition) is 3. The first kappa shape index (κ1) is 19.9. The topological polar surface area (TPSA) is 95.5 Å². The van der Waals surface area contributed by atoms with Crippen molar-refractivity contribution in [3.05, 3.63) is 47.0 Å². The molecule has 0 saturated carbocycles. The molecule has 11 heteroatoms. The molecule has 0 fully saturated rings. The highest BCUT2D eigenvalue weighted by Gasteiger charge is 2.32. The van der Waals surface area contributed by atoms with Gasteiger partial charge in [0.1, 0.15) is 10.6 Å². The van der Waals surface area contributed by atoms with E-state index in [1.54, 1.807) is 0 Å². The molecule has 26 heavy (non-hydrogen) atoms. The van der Waals surface area contributed by atoms with Gasteiger partial charge in [-0.15, -0.1) is 0 Å². The van der Waals surface area contributed by atoms with Gasteiger partial charge in [0.15, 0.2) is 0 Å². The molecule has 0 atom stereocenters. The second-order valence-corrected chi connectivity index (χ2v) is 7.22. The SMILES string of the molecule is CC(=O)Nc1cc(NS(=O)(=O)c2cc(C(F)(F)F)ccc2Cl)ccc1O. The van der Waals surface area contributed by atoms with Crippen LogP contribution in [0, 0.1) is 0 Å². The summed E-state index contributed by atoms with van der Waals surface area (Å²) < 4.78 is 65.3. The molecule has 0 aliphatic rings. The summed E-state index contributed by atoms with van der Waals surface area (Å²) in [6.45, 7) is 1.18. The van der Waals surface area contributed by atoms with Crippen molar-refractivity contribution in [2.75, 3.05) is 10.0 Å². The van der Waals surface area contributed by atoms with E-state index >= 15 is 0 Å². The Balaban J connectivity index is 2.42. The Hall–Kier alpha value is -2.46. The van der Waals surface area contributed by atoms with Crippen LogP contribution in [0.3, 0.4) is 0 Å². The Morgan fingerprint density at radius 2 is 1.81 bits per heavy atom. The molecule has 0 aliphatic carbocycles. The van der Waals surface area contributed by atoms with Crippen molar-refractivity contribution in [1.29, 1.82) is 0 Å². The molecule has 1 amide bonds. The first-order chi connectivity index (χ1) is 11.9. The van der Waals surface area contributed by atoms with Crippen LogP contribution in [-0.2, 0) is 21.0 Å². The molecular formula is C15H12ClF3N2O4S. The molecule has 0 spiro atoms. The molecule has 3 N–H and O–H groups in total. The molecular weight excluding hydrogens is 397 g/mol. The van der Waals surface area contributed by atoms with Crippen molar-refractivity contribution >= 4 is 38.9 Å². The second-order valence-electron chi connectivity index (χ2n) is 5.16. The van der Waals surface area contributed by atoms with Gasteiger partial charge in [-0.1, -0.05) is 11.6 Å². The van der Waals surface area contributed by atoms with Gasteiger partial charge in [0.2, 0.25) is 5.91 Å². The van der Waals surface area contributed by atoms with Crippen LogP contribution in [0.1, 0.15) is 12.5 Å². The summed E-state index contributed by atoms with van der Waals surface area (Å²) in [5.41, 5.74) is -1.35. The summed E-state index contributed by atoms with van der Waals surface area (Å²) in [6.07, 6.45) is -4.74. The van der Waals surface area contributed by atoms with E-state index in [4.69, 9.17) is 11.6 Å². The van der Waals surface area contributed by atoms with Crippen LogP contribution >= 0.6 is 11.6 Å². The Morgan fingerprint density at radius 1 is 1.15 bits per heavy atom. The minimum atomic E-state index is -4.74. The number of aromatic hydroxyl groups is 1. The lowest BCUT2D eigenvalue weighted by Crippen LogP contribution is -2.15. The van der Waals surface area contributed by atoms with Crippen molar-refractivity contribution in [2.24, 2.45) is 0 Å². The molecule has 140 valence electrons. The fraction of sp³-hybridized carbons (Fsp3) is 0.133. The Morgan fingerprint density at radius 3 is 2.38 bits per heavy atom. The quantitative estimate of drug-likeness (QED) is 0.529. The monoisotopic (exact) mass is 408 g/mol. The molecule has 0 aliphatic heterocycles. The van der Waals surface area contributed by atoms with Gasteiger partial charge in [-0.05, 0) is 36.4 Å². The first-order valence-electron chi connectivity index (χ1n) is 6.90. The summed E-state index contributed by atoms with van der Waals surface area (Å²) in [4.78, 5) is 10.3. The van der Waals surface area contributed by atoms with Crippen LogP contribution in [0.5, 0.6) is 5.75 Å². The molecule has 2 aromatic carbocycles.